The molecular formula is C17H17BrN2O3. The molecule has 1 amide bonds. The fourth-order valence-corrected chi connectivity index (χ4v) is 2.72. The zero-order chi connectivity index (χ0) is 16.1. The number of aromatic nitrogens is 1. The molecule has 0 N–H and O–H groups in total. The van der Waals surface area contributed by atoms with Crippen LogP contribution in [0.3, 0.4) is 0 Å². The number of ether oxygens (including phenoxy) is 2. The smallest absolute Gasteiger partial charge is 0.410 e. The molecule has 1 aromatic carbocycles. The molecule has 1 aromatic heterocycles. The van der Waals surface area contributed by atoms with E-state index in [-0.39, 0.29) is 18.7 Å². The fourth-order valence-electron chi connectivity index (χ4n) is 2.48. The Balaban J connectivity index is 1.68. The van der Waals surface area contributed by atoms with Crippen molar-refractivity contribution in [1.82, 2.24) is 9.88 Å². The van der Waals surface area contributed by atoms with Crippen LogP contribution in [0, 0.1) is 0 Å². The second kappa shape index (κ2) is 7.57. The number of halogens is 1. The number of nitrogens with zero attached hydrogens (tertiary/aromatic N) is 2. The van der Waals surface area contributed by atoms with Crippen molar-refractivity contribution in [3.05, 3.63) is 64.4 Å². The quantitative estimate of drug-likeness (QED) is 0.768. The summed E-state index contributed by atoms with van der Waals surface area (Å²) in [7, 11) is 0. The molecule has 1 atom stereocenters. The van der Waals surface area contributed by atoms with Gasteiger partial charge in [0.25, 0.3) is 0 Å². The minimum atomic E-state index is -0.329. The Labute approximate surface area is 143 Å². The third kappa shape index (κ3) is 4.09. The molecule has 6 heteroatoms. The van der Waals surface area contributed by atoms with Gasteiger partial charge in [-0.15, -0.1) is 0 Å². The fraction of sp³-hybridized carbons (Fsp3) is 0.294. The van der Waals surface area contributed by atoms with Crippen molar-refractivity contribution >= 4 is 22.0 Å². The maximum absolute atomic E-state index is 12.4. The van der Waals surface area contributed by atoms with Gasteiger partial charge in [0.05, 0.1) is 19.3 Å². The molecule has 1 unspecified atom stereocenters. The Morgan fingerprint density at radius 3 is 2.87 bits per heavy atom. The van der Waals surface area contributed by atoms with Crippen molar-refractivity contribution in [3.8, 4) is 0 Å². The Morgan fingerprint density at radius 2 is 2.13 bits per heavy atom. The first kappa shape index (κ1) is 16.0. The SMILES string of the molecule is O=C(OCc1ccccc1)N1CCOCC1c1ccc(Br)nc1. The molecule has 23 heavy (non-hydrogen) atoms. The number of hydrogen-bond donors (Lipinski definition) is 0. The first-order valence-corrected chi connectivity index (χ1v) is 8.20. The molecule has 0 spiro atoms. The molecule has 5 nitrogen and oxygen atoms in total. The van der Waals surface area contributed by atoms with Gasteiger partial charge in [-0.3, -0.25) is 4.90 Å². The van der Waals surface area contributed by atoms with E-state index in [1.54, 1.807) is 11.1 Å². The second-order valence-corrected chi connectivity index (χ2v) is 6.05. The van der Waals surface area contributed by atoms with Gasteiger partial charge >= 0.3 is 6.09 Å². The molecular weight excluding hydrogens is 360 g/mol. The third-order valence-electron chi connectivity index (χ3n) is 3.70. The molecule has 0 aliphatic carbocycles. The lowest BCUT2D eigenvalue weighted by molar-refractivity contribution is -0.0117. The predicted molar refractivity (Wildman–Crippen MR) is 88.8 cm³/mol. The van der Waals surface area contributed by atoms with Gasteiger partial charge < -0.3 is 9.47 Å². The van der Waals surface area contributed by atoms with Crippen LogP contribution >= 0.6 is 15.9 Å². The summed E-state index contributed by atoms with van der Waals surface area (Å²) in [4.78, 5) is 18.4. The highest BCUT2D eigenvalue weighted by Crippen LogP contribution is 2.25. The van der Waals surface area contributed by atoms with E-state index in [1.165, 1.54) is 0 Å². The largest absolute Gasteiger partial charge is 0.445 e. The van der Waals surface area contributed by atoms with E-state index in [9.17, 15) is 4.79 Å². The molecule has 1 fully saturated rings. The van der Waals surface area contributed by atoms with Gasteiger partial charge in [0.15, 0.2) is 0 Å². The van der Waals surface area contributed by atoms with E-state index in [2.05, 4.69) is 20.9 Å². The maximum Gasteiger partial charge on any atom is 0.410 e. The normalized spacial score (nSPS) is 17.8. The van der Waals surface area contributed by atoms with Gasteiger partial charge in [0, 0.05) is 12.7 Å². The molecule has 2 heterocycles. The van der Waals surface area contributed by atoms with Crippen molar-refractivity contribution in [2.24, 2.45) is 0 Å². The monoisotopic (exact) mass is 376 g/mol. The summed E-state index contributed by atoms with van der Waals surface area (Å²) >= 11 is 3.32. The number of hydrogen-bond acceptors (Lipinski definition) is 4. The summed E-state index contributed by atoms with van der Waals surface area (Å²) in [5.74, 6) is 0. The van der Waals surface area contributed by atoms with Gasteiger partial charge in [0.2, 0.25) is 0 Å². The lowest BCUT2D eigenvalue weighted by atomic mass is 10.1. The highest BCUT2D eigenvalue weighted by Gasteiger charge is 2.30. The van der Waals surface area contributed by atoms with Crippen LogP contribution in [-0.2, 0) is 16.1 Å². The van der Waals surface area contributed by atoms with Gasteiger partial charge in [-0.2, -0.15) is 0 Å². The molecule has 1 aliphatic heterocycles. The van der Waals surface area contributed by atoms with Crippen LogP contribution in [0.1, 0.15) is 17.2 Å². The van der Waals surface area contributed by atoms with Crippen LogP contribution in [-0.4, -0.2) is 35.7 Å². The first-order valence-electron chi connectivity index (χ1n) is 7.40. The Hall–Kier alpha value is -1.92. The topological polar surface area (TPSA) is 51.7 Å². The average molecular weight is 377 g/mol. The van der Waals surface area contributed by atoms with E-state index >= 15 is 0 Å². The van der Waals surface area contributed by atoms with Crippen LogP contribution < -0.4 is 0 Å². The number of carbonyl (C=O) groups excluding carboxylic acids is 1. The van der Waals surface area contributed by atoms with Crippen LogP contribution in [0.4, 0.5) is 4.79 Å². The maximum atomic E-state index is 12.4. The lowest BCUT2D eigenvalue weighted by Gasteiger charge is -2.34. The van der Waals surface area contributed by atoms with E-state index < -0.39 is 0 Å². The van der Waals surface area contributed by atoms with E-state index in [1.807, 2.05) is 42.5 Å². The van der Waals surface area contributed by atoms with Crippen molar-refractivity contribution in [2.45, 2.75) is 12.6 Å². The highest BCUT2D eigenvalue weighted by molar-refractivity contribution is 9.10. The van der Waals surface area contributed by atoms with Crippen LogP contribution in [0.2, 0.25) is 0 Å². The zero-order valence-corrected chi connectivity index (χ0v) is 14.1. The molecule has 1 saturated heterocycles. The summed E-state index contributed by atoms with van der Waals surface area (Å²) < 4.78 is 11.7. The van der Waals surface area contributed by atoms with E-state index in [0.717, 1.165) is 15.7 Å². The molecule has 2 aromatic rings. The molecule has 120 valence electrons. The minimum Gasteiger partial charge on any atom is -0.445 e. The number of pyridine rings is 1. The zero-order valence-electron chi connectivity index (χ0n) is 12.5. The molecule has 3 rings (SSSR count). The summed E-state index contributed by atoms with van der Waals surface area (Å²) in [6.07, 6.45) is 1.42. The molecule has 0 bridgehead atoms. The third-order valence-corrected chi connectivity index (χ3v) is 4.17. The standard InChI is InChI=1S/C17H17BrN2O3/c18-16-7-6-14(10-19-16)15-12-22-9-8-20(15)17(21)23-11-13-4-2-1-3-5-13/h1-7,10,15H,8-9,11-12H2. The summed E-state index contributed by atoms with van der Waals surface area (Å²) in [5.41, 5.74) is 1.90. The highest BCUT2D eigenvalue weighted by atomic mass is 79.9. The Bertz CT molecular complexity index is 649. The van der Waals surface area contributed by atoms with Crippen molar-refractivity contribution in [3.63, 3.8) is 0 Å². The summed E-state index contributed by atoms with van der Waals surface area (Å²) in [5, 5.41) is 0. The minimum absolute atomic E-state index is 0.173. The average Bonchev–Trinajstić information content (AvgIpc) is 2.61. The number of rotatable bonds is 3. The van der Waals surface area contributed by atoms with Crippen LogP contribution in [0.25, 0.3) is 0 Å². The van der Waals surface area contributed by atoms with Crippen molar-refractivity contribution < 1.29 is 14.3 Å². The second-order valence-electron chi connectivity index (χ2n) is 5.24. The number of morpholine rings is 1. The van der Waals surface area contributed by atoms with Crippen molar-refractivity contribution in [1.29, 1.82) is 0 Å². The first-order chi connectivity index (χ1) is 11.2. The molecule has 0 saturated carbocycles. The summed E-state index contributed by atoms with van der Waals surface area (Å²) in [6.45, 7) is 1.74. The summed E-state index contributed by atoms with van der Waals surface area (Å²) in [6, 6.07) is 13.3. The van der Waals surface area contributed by atoms with Crippen molar-refractivity contribution in [2.75, 3.05) is 19.8 Å². The van der Waals surface area contributed by atoms with E-state index in [4.69, 9.17) is 9.47 Å². The Morgan fingerprint density at radius 1 is 1.30 bits per heavy atom. The lowest BCUT2D eigenvalue weighted by Crippen LogP contribution is -2.43. The predicted octanol–water partition coefficient (Wildman–Crippen LogP) is 3.55. The van der Waals surface area contributed by atoms with Crippen LogP contribution in [0.5, 0.6) is 0 Å². The molecule has 1 aliphatic rings. The van der Waals surface area contributed by atoms with Crippen LogP contribution in [0.15, 0.2) is 53.3 Å². The molecule has 0 radical (unpaired) electrons. The number of carbonyl (C=O) groups is 1. The van der Waals surface area contributed by atoms with Gasteiger partial charge in [-0.25, -0.2) is 9.78 Å². The number of benzene rings is 1. The van der Waals surface area contributed by atoms with Gasteiger partial charge in [-0.05, 0) is 33.1 Å². The van der Waals surface area contributed by atoms with Gasteiger partial charge in [-0.1, -0.05) is 36.4 Å². The number of amides is 1. The van der Waals surface area contributed by atoms with Gasteiger partial charge in [0.1, 0.15) is 11.2 Å². The Kier molecular flexibility index (Phi) is 5.25. The van der Waals surface area contributed by atoms with E-state index in [0.29, 0.717) is 19.8 Å².